The van der Waals surface area contributed by atoms with Gasteiger partial charge in [-0.1, -0.05) is 23.2 Å². The highest BCUT2D eigenvalue weighted by Gasteiger charge is 2.30. The van der Waals surface area contributed by atoms with E-state index in [0.29, 0.717) is 28.0 Å². The molecule has 0 bridgehead atoms. The van der Waals surface area contributed by atoms with E-state index in [0.717, 1.165) is 55.2 Å². The van der Waals surface area contributed by atoms with Crippen molar-refractivity contribution in [2.75, 3.05) is 38.1 Å². The number of amides is 1. The lowest BCUT2D eigenvalue weighted by molar-refractivity contribution is -0.125. The van der Waals surface area contributed by atoms with E-state index in [2.05, 4.69) is 10.2 Å². The molecule has 1 saturated heterocycles. The van der Waals surface area contributed by atoms with E-state index < -0.39 is 6.10 Å². The van der Waals surface area contributed by atoms with Gasteiger partial charge in [0.15, 0.2) is 11.8 Å². The molecule has 0 aliphatic carbocycles. The maximum absolute atomic E-state index is 12.5. The van der Waals surface area contributed by atoms with Crippen molar-refractivity contribution in [3.8, 4) is 17.0 Å². The molecule has 1 unspecified atom stereocenters. The fraction of sp³-hybridized carbons (Fsp3) is 0.391. The Bertz CT molecular complexity index is 1190. The Hall–Kier alpha value is -2.32. The second-order valence-electron chi connectivity index (χ2n) is 8.33. The molecule has 2 aromatic heterocycles. The van der Waals surface area contributed by atoms with E-state index >= 15 is 0 Å². The standard InChI is InChI=1S/C23H25Cl2N5O2/c1-14-23(31)28(2)18-10-15(4-5-20(18)32-14)21-19(13-29-8-3-6-26-7-9-29)30-12-16(24)11-17(25)22(30)27-21/h4-5,10-12,14,26H,3,6-9,13H2,1-2H3. The summed E-state index contributed by atoms with van der Waals surface area (Å²) in [7, 11) is 1.77. The molecule has 0 saturated carbocycles. The van der Waals surface area contributed by atoms with Gasteiger partial charge in [0, 0.05) is 38.4 Å². The maximum Gasteiger partial charge on any atom is 0.267 e. The Morgan fingerprint density at radius 3 is 2.91 bits per heavy atom. The fourth-order valence-electron chi connectivity index (χ4n) is 4.43. The molecule has 7 nitrogen and oxygen atoms in total. The van der Waals surface area contributed by atoms with E-state index in [1.54, 1.807) is 24.9 Å². The van der Waals surface area contributed by atoms with Crippen LogP contribution in [-0.4, -0.2) is 59.5 Å². The minimum absolute atomic E-state index is 0.0724. The van der Waals surface area contributed by atoms with Crippen LogP contribution in [0, 0.1) is 0 Å². The molecule has 32 heavy (non-hydrogen) atoms. The first kappa shape index (κ1) is 21.5. The Kier molecular flexibility index (Phi) is 5.75. The largest absolute Gasteiger partial charge is 0.479 e. The predicted octanol–water partition coefficient (Wildman–Crippen LogP) is 3.85. The molecule has 0 radical (unpaired) electrons. The second kappa shape index (κ2) is 8.56. The molecule has 1 fully saturated rings. The van der Waals surface area contributed by atoms with Gasteiger partial charge in [-0.25, -0.2) is 4.98 Å². The topological polar surface area (TPSA) is 62.1 Å². The number of nitrogens with one attached hydrogen (secondary N) is 1. The van der Waals surface area contributed by atoms with Crippen LogP contribution < -0.4 is 15.0 Å². The maximum atomic E-state index is 12.5. The Balaban J connectivity index is 1.64. The quantitative estimate of drug-likeness (QED) is 0.625. The van der Waals surface area contributed by atoms with Crippen molar-refractivity contribution in [2.45, 2.75) is 26.0 Å². The first-order valence-electron chi connectivity index (χ1n) is 10.8. The summed E-state index contributed by atoms with van der Waals surface area (Å²) in [5.41, 5.74) is 4.15. The number of ether oxygens (including phenoxy) is 1. The van der Waals surface area contributed by atoms with Gasteiger partial charge in [0.25, 0.3) is 5.91 Å². The Labute approximate surface area is 196 Å². The first-order valence-corrected chi connectivity index (χ1v) is 11.6. The summed E-state index contributed by atoms with van der Waals surface area (Å²) < 4.78 is 7.79. The number of aromatic nitrogens is 2. The summed E-state index contributed by atoms with van der Waals surface area (Å²) in [5.74, 6) is 0.616. The summed E-state index contributed by atoms with van der Waals surface area (Å²) >= 11 is 12.9. The third kappa shape index (κ3) is 3.83. The van der Waals surface area contributed by atoms with E-state index in [1.807, 2.05) is 28.8 Å². The van der Waals surface area contributed by atoms with E-state index in [4.69, 9.17) is 32.9 Å². The van der Waals surface area contributed by atoms with E-state index in [-0.39, 0.29) is 5.91 Å². The van der Waals surface area contributed by atoms with Gasteiger partial charge in [0.1, 0.15) is 5.75 Å². The van der Waals surface area contributed by atoms with Crippen LogP contribution in [0.4, 0.5) is 5.69 Å². The number of imidazole rings is 1. The SMILES string of the molecule is CC1Oc2ccc(-c3nc4c(Cl)cc(Cl)cn4c3CN3CCCNCC3)cc2N(C)C1=O. The highest BCUT2D eigenvalue weighted by molar-refractivity contribution is 6.36. The van der Waals surface area contributed by atoms with Crippen LogP contribution in [-0.2, 0) is 11.3 Å². The van der Waals surface area contributed by atoms with Crippen molar-refractivity contribution >= 4 is 40.4 Å². The summed E-state index contributed by atoms with van der Waals surface area (Å²) in [6, 6.07) is 7.57. The van der Waals surface area contributed by atoms with Crippen LogP contribution in [0.15, 0.2) is 30.5 Å². The Morgan fingerprint density at radius 2 is 2.06 bits per heavy atom. The van der Waals surface area contributed by atoms with Gasteiger partial charge >= 0.3 is 0 Å². The third-order valence-corrected chi connectivity index (χ3v) is 6.61. The number of fused-ring (bicyclic) bond motifs is 2. The number of hydrogen-bond donors (Lipinski definition) is 1. The van der Waals surface area contributed by atoms with Crippen molar-refractivity contribution in [1.29, 1.82) is 0 Å². The van der Waals surface area contributed by atoms with Crippen LogP contribution in [0.3, 0.4) is 0 Å². The number of anilines is 1. The number of hydrogen-bond acceptors (Lipinski definition) is 5. The van der Waals surface area contributed by atoms with Crippen molar-refractivity contribution in [3.05, 3.63) is 46.2 Å². The van der Waals surface area contributed by atoms with Crippen molar-refractivity contribution in [2.24, 2.45) is 0 Å². The van der Waals surface area contributed by atoms with Gasteiger partial charge in [-0.15, -0.1) is 0 Å². The summed E-state index contributed by atoms with van der Waals surface area (Å²) in [6.45, 7) is 6.41. The average Bonchev–Trinajstić information content (AvgIpc) is 2.94. The molecule has 2 aliphatic heterocycles. The number of nitrogens with zero attached hydrogens (tertiary/aromatic N) is 4. The molecule has 5 rings (SSSR count). The number of rotatable bonds is 3. The molecule has 168 valence electrons. The number of pyridine rings is 1. The summed E-state index contributed by atoms with van der Waals surface area (Å²) in [4.78, 5) is 21.4. The van der Waals surface area contributed by atoms with Crippen molar-refractivity contribution < 1.29 is 9.53 Å². The minimum atomic E-state index is -0.498. The molecule has 9 heteroatoms. The molecule has 1 N–H and O–H groups in total. The molecule has 1 atom stereocenters. The number of carbonyl (C=O) groups is 1. The smallest absolute Gasteiger partial charge is 0.267 e. The van der Waals surface area contributed by atoms with E-state index in [1.165, 1.54) is 0 Å². The molecular formula is C23H25Cl2N5O2. The molecule has 0 spiro atoms. The van der Waals surface area contributed by atoms with Crippen LogP contribution >= 0.6 is 23.2 Å². The predicted molar refractivity (Wildman–Crippen MR) is 127 cm³/mol. The molecule has 3 aromatic rings. The van der Waals surface area contributed by atoms with Gasteiger partial charge in [0.2, 0.25) is 0 Å². The zero-order chi connectivity index (χ0) is 22.4. The van der Waals surface area contributed by atoms with Crippen molar-refractivity contribution in [3.63, 3.8) is 0 Å². The molecule has 1 amide bonds. The van der Waals surface area contributed by atoms with Crippen molar-refractivity contribution in [1.82, 2.24) is 19.6 Å². The van der Waals surface area contributed by atoms with E-state index in [9.17, 15) is 4.79 Å². The molecule has 2 aliphatic rings. The molecule has 4 heterocycles. The fourth-order valence-corrected chi connectivity index (χ4v) is 4.95. The zero-order valence-corrected chi connectivity index (χ0v) is 19.6. The number of halogens is 2. The highest BCUT2D eigenvalue weighted by Crippen LogP contribution is 2.38. The monoisotopic (exact) mass is 473 g/mol. The minimum Gasteiger partial charge on any atom is -0.479 e. The van der Waals surface area contributed by atoms with Gasteiger partial charge in [-0.2, -0.15) is 0 Å². The number of likely N-dealkylation sites (N-methyl/N-ethyl adjacent to an activating group) is 1. The lowest BCUT2D eigenvalue weighted by Gasteiger charge is -2.30. The molecular weight excluding hydrogens is 449 g/mol. The van der Waals surface area contributed by atoms with Crippen LogP contribution in [0.1, 0.15) is 19.0 Å². The second-order valence-corrected chi connectivity index (χ2v) is 9.17. The number of benzene rings is 1. The normalized spacial score (nSPS) is 19.7. The van der Waals surface area contributed by atoms with Crippen LogP contribution in [0.25, 0.3) is 16.9 Å². The summed E-state index contributed by atoms with van der Waals surface area (Å²) in [6.07, 6.45) is 2.46. The van der Waals surface area contributed by atoms with Gasteiger partial charge in [0.05, 0.1) is 27.1 Å². The third-order valence-electron chi connectivity index (χ3n) is 6.12. The zero-order valence-electron chi connectivity index (χ0n) is 18.1. The highest BCUT2D eigenvalue weighted by atomic mass is 35.5. The van der Waals surface area contributed by atoms with Crippen LogP contribution in [0.2, 0.25) is 10.0 Å². The number of carbonyl (C=O) groups excluding carboxylic acids is 1. The van der Waals surface area contributed by atoms with Gasteiger partial charge in [-0.05, 0) is 50.7 Å². The lowest BCUT2D eigenvalue weighted by Crippen LogP contribution is -2.41. The summed E-state index contributed by atoms with van der Waals surface area (Å²) in [5, 5.41) is 4.51. The molecule has 1 aromatic carbocycles. The lowest BCUT2D eigenvalue weighted by atomic mass is 10.1. The first-order chi connectivity index (χ1) is 15.4. The average molecular weight is 474 g/mol. The Morgan fingerprint density at radius 1 is 1.22 bits per heavy atom. The van der Waals surface area contributed by atoms with Gasteiger partial charge in [-0.3, -0.25) is 14.1 Å². The van der Waals surface area contributed by atoms with Crippen LogP contribution in [0.5, 0.6) is 5.75 Å². The van der Waals surface area contributed by atoms with Gasteiger partial charge < -0.3 is 15.0 Å².